The molecule has 0 aromatic rings. The number of rotatable bonds is 8. The second-order valence-electron chi connectivity index (χ2n) is 4.39. The van der Waals surface area contributed by atoms with E-state index in [4.69, 9.17) is 9.84 Å². The standard InChI is InChI=1S/C11H23NO3/c1-8(2)7-10(11(13)14)12-5-6-15-9(3)4/h8-10,12H,5-7H2,1-4H3,(H,13,14). The van der Waals surface area contributed by atoms with Gasteiger partial charge in [0, 0.05) is 6.54 Å². The summed E-state index contributed by atoms with van der Waals surface area (Å²) in [6.45, 7) is 9.09. The number of hydrogen-bond acceptors (Lipinski definition) is 3. The fourth-order valence-electron chi connectivity index (χ4n) is 1.27. The molecule has 1 unspecified atom stereocenters. The maximum atomic E-state index is 10.9. The molecule has 0 amide bonds. The van der Waals surface area contributed by atoms with Crippen LogP contribution in [0.25, 0.3) is 0 Å². The lowest BCUT2D eigenvalue weighted by molar-refractivity contribution is -0.140. The molecular weight excluding hydrogens is 194 g/mol. The van der Waals surface area contributed by atoms with Gasteiger partial charge in [0.05, 0.1) is 12.7 Å². The van der Waals surface area contributed by atoms with Crippen LogP contribution in [-0.2, 0) is 9.53 Å². The molecule has 0 rings (SSSR count). The zero-order valence-electron chi connectivity index (χ0n) is 10.1. The van der Waals surface area contributed by atoms with Crippen LogP contribution in [-0.4, -0.2) is 36.4 Å². The lowest BCUT2D eigenvalue weighted by Crippen LogP contribution is -2.39. The minimum atomic E-state index is -0.784. The summed E-state index contributed by atoms with van der Waals surface area (Å²) in [5.74, 6) is -0.405. The van der Waals surface area contributed by atoms with Crippen molar-refractivity contribution >= 4 is 5.97 Å². The second-order valence-corrected chi connectivity index (χ2v) is 4.39. The van der Waals surface area contributed by atoms with Crippen LogP contribution < -0.4 is 5.32 Å². The van der Waals surface area contributed by atoms with Crippen molar-refractivity contribution in [2.24, 2.45) is 5.92 Å². The van der Waals surface area contributed by atoms with Crippen molar-refractivity contribution in [3.05, 3.63) is 0 Å². The Labute approximate surface area is 92.0 Å². The zero-order chi connectivity index (χ0) is 11.8. The maximum Gasteiger partial charge on any atom is 0.320 e. The Morgan fingerprint density at radius 1 is 1.33 bits per heavy atom. The Bertz CT molecular complexity index is 181. The lowest BCUT2D eigenvalue weighted by atomic mass is 10.0. The first kappa shape index (κ1) is 14.4. The maximum absolute atomic E-state index is 10.9. The van der Waals surface area contributed by atoms with E-state index in [1.807, 2.05) is 27.7 Å². The molecule has 0 radical (unpaired) electrons. The highest BCUT2D eigenvalue weighted by atomic mass is 16.5. The summed E-state index contributed by atoms with van der Waals surface area (Å²) in [5.41, 5.74) is 0. The molecular formula is C11H23NO3. The Hall–Kier alpha value is -0.610. The predicted molar refractivity (Wildman–Crippen MR) is 60.0 cm³/mol. The number of carboxylic acids is 1. The van der Waals surface area contributed by atoms with E-state index >= 15 is 0 Å². The van der Waals surface area contributed by atoms with Crippen LogP contribution >= 0.6 is 0 Å². The Kier molecular flexibility index (Phi) is 7.34. The van der Waals surface area contributed by atoms with Gasteiger partial charge in [-0.05, 0) is 26.2 Å². The molecule has 2 N–H and O–H groups in total. The van der Waals surface area contributed by atoms with Gasteiger partial charge in [0.2, 0.25) is 0 Å². The van der Waals surface area contributed by atoms with Crippen molar-refractivity contribution < 1.29 is 14.6 Å². The first-order valence-electron chi connectivity index (χ1n) is 5.51. The molecule has 1 atom stereocenters. The molecule has 0 aliphatic heterocycles. The SMILES string of the molecule is CC(C)CC(NCCOC(C)C)C(=O)O. The molecule has 4 heteroatoms. The number of nitrogens with one attached hydrogen (secondary N) is 1. The molecule has 0 aliphatic rings. The quantitative estimate of drug-likeness (QED) is 0.605. The topological polar surface area (TPSA) is 58.6 Å². The largest absolute Gasteiger partial charge is 0.480 e. The first-order chi connectivity index (χ1) is 6.93. The Morgan fingerprint density at radius 2 is 1.93 bits per heavy atom. The molecule has 0 saturated carbocycles. The molecule has 0 saturated heterocycles. The Balaban J connectivity index is 3.72. The monoisotopic (exact) mass is 217 g/mol. The highest BCUT2D eigenvalue weighted by Crippen LogP contribution is 2.04. The molecule has 0 fully saturated rings. The number of carboxylic acid groups (broad SMARTS) is 1. The van der Waals surface area contributed by atoms with Crippen molar-refractivity contribution in [2.45, 2.75) is 46.3 Å². The van der Waals surface area contributed by atoms with Gasteiger partial charge in [-0.25, -0.2) is 0 Å². The van der Waals surface area contributed by atoms with Gasteiger partial charge >= 0.3 is 5.97 Å². The molecule has 90 valence electrons. The molecule has 0 aliphatic carbocycles. The van der Waals surface area contributed by atoms with Crippen molar-refractivity contribution in [2.75, 3.05) is 13.2 Å². The number of hydrogen-bond donors (Lipinski definition) is 2. The predicted octanol–water partition coefficient (Wildman–Crippen LogP) is 1.50. The van der Waals surface area contributed by atoms with Gasteiger partial charge in [-0.1, -0.05) is 13.8 Å². The molecule has 4 nitrogen and oxygen atoms in total. The molecule has 0 spiro atoms. The third-order valence-corrected chi connectivity index (χ3v) is 1.95. The van der Waals surface area contributed by atoms with Gasteiger partial charge in [-0.2, -0.15) is 0 Å². The third-order valence-electron chi connectivity index (χ3n) is 1.95. The summed E-state index contributed by atoms with van der Waals surface area (Å²) in [6.07, 6.45) is 0.844. The fourth-order valence-corrected chi connectivity index (χ4v) is 1.27. The van der Waals surface area contributed by atoms with Gasteiger partial charge in [-0.3, -0.25) is 4.79 Å². The molecule has 0 bridgehead atoms. The van der Waals surface area contributed by atoms with E-state index in [9.17, 15) is 4.79 Å². The van der Waals surface area contributed by atoms with Crippen molar-refractivity contribution in [1.29, 1.82) is 0 Å². The van der Waals surface area contributed by atoms with Crippen LogP contribution in [0.2, 0.25) is 0 Å². The molecule has 0 aromatic heterocycles. The lowest BCUT2D eigenvalue weighted by Gasteiger charge is -2.16. The minimum Gasteiger partial charge on any atom is -0.480 e. The highest BCUT2D eigenvalue weighted by Gasteiger charge is 2.17. The first-order valence-corrected chi connectivity index (χ1v) is 5.51. The van der Waals surface area contributed by atoms with Gasteiger partial charge in [0.25, 0.3) is 0 Å². The summed E-state index contributed by atoms with van der Waals surface area (Å²) < 4.78 is 5.32. The smallest absolute Gasteiger partial charge is 0.320 e. The van der Waals surface area contributed by atoms with E-state index in [0.29, 0.717) is 25.5 Å². The van der Waals surface area contributed by atoms with Crippen LogP contribution in [0.15, 0.2) is 0 Å². The van der Waals surface area contributed by atoms with Crippen molar-refractivity contribution in [3.63, 3.8) is 0 Å². The van der Waals surface area contributed by atoms with Crippen LogP contribution in [0, 0.1) is 5.92 Å². The highest BCUT2D eigenvalue weighted by molar-refractivity contribution is 5.73. The van der Waals surface area contributed by atoms with Crippen LogP contribution in [0.4, 0.5) is 0 Å². The molecule has 15 heavy (non-hydrogen) atoms. The summed E-state index contributed by atoms with van der Waals surface area (Å²) >= 11 is 0. The van der Waals surface area contributed by atoms with E-state index in [-0.39, 0.29) is 6.10 Å². The van der Waals surface area contributed by atoms with Gasteiger partial charge in [-0.15, -0.1) is 0 Å². The number of carbonyl (C=O) groups is 1. The molecule has 0 heterocycles. The average Bonchev–Trinajstić information content (AvgIpc) is 2.08. The van der Waals surface area contributed by atoms with Gasteiger partial charge < -0.3 is 15.2 Å². The average molecular weight is 217 g/mol. The normalized spacial score (nSPS) is 13.5. The van der Waals surface area contributed by atoms with E-state index in [1.54, 1.807) is 0 Å². The van der Waals surface area contributed by atoms with Gasteiger partial charge in [0.15, 0.2) is 0 Å². The van der Waals surface area contributed by atoms with Crippen molar-refractivity contribution in [1.82, 2.24) is 5.32 Å². The summed E-state index contributed by atoms with van der Waals surface area (Å²) in [6, 6.07) is -0.458. The van der Waals surface area contributed by atoms with Gasteiger partial charge in [0.1, 0.15) is 6.04 Å². The number of ether oxygens (including phenoxy) is 1. The van der Waals surface area contributed by atoms with Crippen molar-refractivity contribution in [3.8, 4) is 0 Å². The summed E-state index contributed by atoms with van der Waals surface area (Å²) in [7, 11) is 0. The fraction of sp³-hybridized carbons (Fsp3) is 0.909. The summed E-state index contributed by atoms with van der Waals surface area (Å²) in [4.78, 5) is 10.9. The van der Waals surface area contributed by atoms with E-state index in [1.165, 1.54) is 0 Å². The van der Waals surface area contributed by atoms with E-state index in [2.05, 4.69) is 5.32 Å². The third kappa shape index (κ3) is 8.39. The number of aliphatic carboxylic acids is 1. The molecule has 0 aromatic carbocycles. The zero-order valence-corrected chi connectivity index (χ0v) is 10.1. The summed E-state index contributed by atoms with van der Waals surface area (Å²) in [5, 5.41) is 11.9. The van der Waals surface area contributed by atoms with Crippen LogP contribution in [0.3, 0.4) is 0 Å². The van der Waals surface area contributed by atoms with E-state index in [0.717, 1.165) is 0 Å². The Morgan fingerprint density at radius 3 is 2.33 bits per heavy atom. The minimum absolute atomic E-state index is 0.195. The van der Waals surface area contributed by atoms with E-state index < -0.39 is 12.0 Å². The second kappa shape index (κ2) is 7.65. The van der Waals surface area contributed by atoms with Crippen LogP contribution in [0.1, 0.15) is 34.1 Å². The van der Waals surface area contributed by atoms with Crippen LogP contribution in [0.5, 0.6) is 0 Å².